The first-order chi connectivity index (χ1) is 15.3. The Balaban J connectivity index is 1.34. The highest BCUT2D eigenvalue weighted by Crippen LogP contribution is 2.32. The quantitative estimate of drug-likeness (QED) is 0.540. The van der Waals surface area contributed by atoms with Gasteiger partial charge in [-0.3, -0.25) is 4.79 Å². The summed E-state index contributed by atoms with van der Waals surface area (Å²) in [5.41, 5.74) is 0.388. The van der Waals surface area contributed by atoms with Crippen molar-refractivity contribution in [3.05, 3.63) is 48.4 Å². The van der Waals surface area contributed by atoms with E-state index in [0.717, 1.165) is 31.4 Å². The molecule has 0 bridgehead atoms. The molecule has 2 aliphatic carbocycles. The Morgan fingerprint density at radius 1 is 1.00 bits per heavy atom. The Morgan fingerprint density at radius 3 is 2.35 bits per heavy atom. The van der Waals surface area contributed by atoms with Gasteiger partial charge in [-0.2, -0.15) is 0 Å². The Bertz CT molecular complexity index is 960. The van der Waals surface area contributed by atoms with E-state index in [2.05, 4.69) is 15.0 Å². The number of hydrogen-bond donors (Lipinski definition) is 0. The molecule has 3 heterocycles. The molecule has 0 radical (unpaired) electrons. The van der Waals surface area contributed by atoms with Crippen molar-refractivity contribution in [3.63, 3.8) is 0 Å². The van der Waals surface area contributed by atoms with Gasteiger partial charge in [0.05, 0.1) is 12.9 Å². The van der Waals surface area contributed by atoms with E-state index in [1.54, 1.807) is 18.6 Å². The molecule has 2 saturated carbocycles. The summed E-state index contributed by atoms with van der Waals surface area (Å²) in [6.45, 7) is 0.594. The summed E-state index contributed by atoms with van der Waals surface area (Å²) in [5, 5.41) is 4.15. The van der Waals surface area contributed by atoms with Gasteiger partial charge in [0.2, 0.25) is 5.76 Å². The van der Waals surface area contributed by atoms with Gasteiger partial charge < -0.3 is 18.4 Å². The number of imidazole rings is 1. The molecule has 7 nitrogen and oxygen atoms in total. The Morgan fingerprint density at radius 2 is 1.71 bits per heavy atom. The minimum Gasteiger partial charge on any atom is -0.456 e. The van der Waals surface area contributed by atoms with Gasteiger partial charge in [-0.1, -0.05) is 43.7 Å². The van der Waals surface area contributed by atoms with Crippen molar-refractivity contribution in [2.24, 2.45) is 0 Å². The summed E-state index contributed by atoms with van der Waals surface area (Å²) >= 11 is 0. The highest BCUT2D eigenvalue weighted by molar-refractivity contribution is 5.93. The van der Waals surface area contributed by atoms with E-state index in [0.29, 0.717) is 35.8 Å². The number of amides is 1. The number of aromatic nitrogens is 3. The molecule has 3 aromatic rings. The largest absolute Gasteiger partial charge is 0.456 e. The van der Waals surface area contributed by atoms with E-state index in [1.165, 1.54) is 38.5 Å². The molecule has 7 heteroatoms. The van der Waals surface area contributed by atoms with Crippen molar-refractivity contribution in [1.82, 2.24) is 19.6 Å². The smallest absolute Gasteiger partial charge is 0.276 e. The number of hydrogen-bond acceptors (Lipinski definition) is 5. The van der Waals surface area contributed by atoms with E-state index in [9.17, 15) is 4.79 Å². The fourth-order valence-electron chi connectivity index (χ4n) is 5.13. The molecule has 2 aliphatic rings. The number of furan rings is 1. The van der Waals surface area contributed by atoms with E-state index in [-0.39, 0.29) is 5.91 Å². The van der Waals surface area contributed by atoms with Crippen LogP contribution in [0.25, 0.3) is 11.5 Å². The van der Waals surface area contributed by atoms with Crippen molar-refractivity contribution in [1.29, 1.82) is 0 Å². The third-order valence-electron chi connectivity index (χ3n) is 6.70. The summed E-state index contributed by atoms with van der Waals surface area (Å²) in [6.07, 6.45) is 17.1. The predicted molar refractivity (Wildman–Crippen MR) is 115 cm³/mol. The standard InChI is InChI=1S/C24H30N4O3/c29-24(28(18-7-3-1-4-8-18)19-9-5-2-6-10-19)21-15-23(31-26-21)22-12-11-20(30-22)16-27-14-13-25-17-27/h11-15,17-19H,1-10,16H2. The SMILES string of the molecule is O=C(c1cc(-c2ccc(Cn3ccnc3)o2)on1)N(C1CCCCC1)C1CCCCC1. The summed E-state index contributed by atoms with van der Waals surface area (Å²) in [6, 6.07) is 6.17. The molecule has 164 valence electrons. The van der Waals surface area contributed by atoms with Crippen LogP contribution in [0.2, 0.25) is 0 Å². The van der Waals surface area contributed by atoms with Crippen LogP contribution in [-0.2, 0) is 6.54 Å². The minimum atomic E-state index is 0.0130. The zero-order valence-electron chi connectivity index (χ0n) is 17.9. The summed E-state index contributed by atoms with van der Waals surface area (Å²) in [4.78, 5) is 19.8. The minimum absolute atomic E-state index is 0.0130. The zero-order chi connectivity index (χ0) is 21.0. The third-order valence-corrected chi connectivity index (χ3v) is 6.70. The van der Waals surface area contributed by atoms with Crippen molar-refractivity contribution in [3.8, 4) is 11.5 Å². The molecule has 0 atom stereocenters. The van der Waals surface area contributed by atoms with Crippen LogP contribution < -0.4 is 0 Å². The van der Waals surface area contributed by atoms with Crippen LogP contribution in [0.4, 0.5) is 0 Å². The number of nitrogens with zero attached hydrogens (tertiary/aromatic N) is 4. The first kappa shape index (κ1) is 20.1. The lowest BCUT2D eigenvalue weighted by molar-refractivity contribution is 0.0438. The second kappa shape index (κ2) is 9.12. The second-order valence-corrected chi connectivity index (χ2v) is 8.87. The van der Waals surface area contributed by atoms with Gasteiger partial charge in [0.25, 0.3) is 5.91 Å². The molecular weight excluding hydrogens is 392 g/mol. The Hall–Kier alpha value is -2.83. The van der Waals surface area contributed by atoms with Gasteiger partial charge >= 0.3 is 0 Å². The van der Waals surface area contributed by atoms with Crippen LogP contribution in [-0.4, -0.2) is 37.6 Å². The van der Waals surface area contributed by atoms with Gasteiger partial charge in [-0.05, 0) is 37.8 Å². The maximum absolute atomic E-state index is 13.6. The van der Waals surface area contributed by atoms with E-state index < -0.39 is 0 Å². The van der Waals surface area contributed by atoms with Gasteiger partial charge in [-0.15, -0.1) is 0 Å². The van der Waals surface area contributed by atoms with Gasteiger partial charge in [0.1, 0.15) is 5.76 Å². The molecular formula is C24H30N4O3. The van der Waals surface area contributed by atoms with Gasteiger partial charge in [-0.25, -0.2) is 4.98 Å². The van der Waals surface area contributed by atoms with Crippen LogP contribution >= 0.6 is 0 Å². The molecule has 0 N–H and O–H groups in total. The van der Waals surface area contributed by atoms with Gasteiger partial charge in [0, 0.05) is 30.5 Å². The molecule has 5 rings (SSSR count). The van der Waals surface area contributed by atoms with E-state index in [4.69, 9.17) is 8.94 Å². The highest BCUT2D eigenvalue weighted by atomic mass is 16.5. The normalized spacial score (nSPS) is 18.3. The second-order valence-electron chi connectivity index (χ2n) is 8.87. The molecule has 0 aromatic carbocycles. The van der Waals surface area contributed by atoms with Crippen LogP contribution in [0.15, 0.2) is 45.9 Å². The average Bonchev–Trinajstić information content (AvgIpc) is 3.58. The monoisotopic (exact) mass is 422 g/mol. The molecule has 0 unspecified atom stereocenters. The molecule has 0 saturated heterocycles. The highest BCUT2D eigenvalue weighted by Gasteiger charge is 2.34. The molecule has 31 heavy (non-hydrogen) atoms. The predicted octanol–water partition coefficient (Wildman–Crippen LogP) is 5.29. The fourth-order valence-corrected chi connectivity index (χ4v) is 5.13. The van der Waals surface area contributed by atoms with Crippen LogP contribution in [0.5, 0.6) is 0 Å². The van der Waals surface area contributed by atoms with Crippen LogP contribution in [0, 0.1) is 0 Å². The third kappa shape index (κ3) is 4.45. The zero-order valence-corrected chi connectivity index (χ0v) is 17.9. The van der Waals surface area contributed by atoms with E-state index >= 15 is 0 Å². The Kier molecular flexibility index (Phi) is 5.91. The fraction of sp³-hybridized carbons (Fsp3) is 0.542. The van der Waals surface area contributed by atoms with Crippen molar-refractivity contribution in [2.45, 2.75) is 82.8 Å². The average molecular weight is 423 g/mol. The van der Waals surface area contributed by atoms with Crippen LogP contribution in [0.3, 0.4) is 0 Å². The molecule has 0 spiro atoms. The molecule has 0 aliphatic heterocycles. The molecule has 3 aromatic heterocycles. The Labute approximate surface area is 182 Å². The number of rotatable bonds is 6. The lowest BCUT2D eigenvalue weighted by Crippen LogP contribution is -2.48. The van der Waals surface area contributed by atoms with Crippen molar-refractivity contribution in [2.75, 3.05) is 0 Å². The van der Waals surface area contributed by atoms with Crippen molar-refractivity contribution >= 4 is 5.91 Å². The first-order valence-corrected chi connectivity index (χ1v) is 11.6. The number of carbonyl (C=O) groups excluding carboxylic acids is 1. The summed E-state index contributed by atoms with van der Waals surface area (Å²) in [5.74, 6) is 1.89. The molecule has 2 fully saturated rings. The lowest BCUT2D eigenvalue weighted by Gasteiger charge is -2.41. The summed E-state index contributed by atoms with van der Waals surface area (Å²) in [7, 11) is 0. The van der Waals surface area contributed by atoms with Crippen molar-refractivity contribution < 1.29 is 13.7 Å². The molecule has 1 amide bonds. The maximum Gasteiger partial charge on any atom is 0.276 e. The van der Waals surface area contributed by atoms with E-state index in [1.807, 2.05) is 22.9 Å². The first-order valence-electron chi connectivity index (χ1n) is 11.6. The van der Waals surface area contributed by atoms with Gasteiger partial charge in [0.15, 0.2) is 11.5 Å². The maximum atomic E-state index is 13.6. The summed E-state index contributed by atoms with van der Waals surface area (Å²) < 4.78 is 13.4. The number of carbonyl (C=O) groups is 1. The lowest BCUT2D eigenvalue weighted by atomic mass is 9.88. The van der Waals surface area contributed by atoms with Crippen LogP contribution in [0.1, 0.15) is 80.5 Å². The topological polar surface area (TPSA) is 77.3 Å².